The molecule has 0 saturated heterocycles. The number of fused-ring (bicyclic) bond motifs is 9. The van der Waals surface area contributed by atoms with Crippen LogP contribution in [0.2, 0.25) is 0 Å². The Labute approximate surface area is 378 Å². The zero-order valence-electron chi connectivity index (χ0n) is 63.3. The van der Waals surface area contributed by atoms with Crippen LogP contribution in [0.15, 0.2) is 211 Å². The van der Waals surface area contributed by atoms with Gasteiger partial charge in [0.15, 0.2) is 0 Å². The van der Waals surface area contributed by atoms with Gasteiger partial charge in [0, 0.05) is 43.7 Å². The number of nitrogens with zero attached hydrogens (tertiary/aromatic N) is 3. The number of aromatic nitrogens is 3. The van der Waals surface area contributed by atoms with Gasteiger partial charge in [-0.15, -0.1) is 0 Å². The van der Waals surface area contributed by atoms with Gasteiger partial charge in [-0.1, -0.05) is 151 Å². The zero-order chi connectivity index (χ0) is 67.9. The molecule has 0 aliphatic carbocycles. The molecule has 12 aromatic rings. The van der Waals surface area contributed by atoms with E-state index < -0.39 is 316 Å². The lowest BCUT2D eigenvalue weighted by molar-refractivity contribution is 1.13. The smallest absolute Gasteiger partial charge is 0.0782 e. The van der Waals surface area contributed by atoms with Crippen LogP contribution in [-0.4, -0.2) is 13.7 Å². The maximum Gasteiger partial charge on any atom is 0.0782 e. The van der Waals surface area contributed by atoms with Crippen LogP contribution in [0.25, 0.3) is 105 Å². The van der Waals surface area contributed by atoms with E-state index in [1.807, 2.05) is 0 Å². The zero-order valence-corrected chi connectivity index (χ0v) is 28.3. The normalized spacial score (nSPS) is 20.5. The molecule has 0 aliphatic rings. The quantitative estimate of drug-likeness (QED) is 0.166. The summed E-state index contributed by atoms with van der Waals surface area (Å²) in [5.41, 5.74) is -11.5. The molecule has 0 amide bonds. The van der Waals surface area contributed by atoms with Crippen LogP contribution in [0.4, 0.5) is 0 Å². The van der Waals surface area contributed by atoms with Gasteiger partial charge in [0.05, 0.1) is 86.8 Å². The molecule has 0 atom stereocenters. The highest BCUT2D eigenvalue weighted by atomic mass is 15.1. The second-order valence-corrected chi connectivity index (χ2v) is 12.3. The van der Waals surface area contributed by atoms with Crippen LogP contribution < -0.4 is 0 Å². The molecule has 3 heterocycles. The molecule has 12 rings (SSSR count). The molecule has 266 valence electrons. The Morgan fingerprint density at radius 1 is 0.263 bits per heavy atom. The minimum Gasteiger partial charge on any atom is -0.309 e. The molecule has 0 aliphatic heterocycles. The van der Waals surface area contributed by atoms with Crippen molar-refractivity contribution < 1.29 is 48.0 Å². The van der Waals surface area contributed by atoms with Crippen molar-refractivity contribution >= 4 is 65.4 Å². The Morgan fingerprint density at radius 3 is 1.37 bits per heavy atom. The van der Waals surface area contributed by atoms with Gasteiger partial charge in [-0.2, -0.15) is 0 Å². The molecule has 3 heteroatoms. The van der Waals surface area contributed by atoms with Crippen molar-refractivity contribution in [3.8, 4) is 39.3 Å². The molecule has 9 aromatic carbocycles. The van der Waals surface area contributed by atoms with Crippen LogP contribution in [0.5, 0.6) is 0 Å². The molecular weight excluding hydrogens is 691 g/mol. The maximum absolute atomic E-state index is 10.5. The third kappa shape index (κ3) is 4.79. The van der Waals surface area contributed by atoms with Crippen LogP contribution in [0, 0.1) is 0 Å². The fraction of sp³-hybridized carbons (Fsp3) is 0. The van der Waals surface area contributed by atoms with Crippen molar-refractivity contribution in [2.24, 2.45) is 0 Å². The van der Waals surface area contributed by atoms with E-state index in [0.717, 1.165) is 4.57 Å². The molecule has 0 unspecified atom stereocenters. The van der Waals surface area contributed by atoms with Gasteiger partial charge in [0.1, 0.15) is 0 Å². The second kappa shape index (κ2) is 12.5. The lowest BCUT2D eigenvalue weighted by Gasteiger charge is -2.15. The van der Waals surface area contributed by atoms with Gasteiger partial charge in [0.25, 0.3) is 0 Å². The molecule has 0 saturated carbocycles. The van der Waals surface area contributed by atoms with E-state index >= 15 is 0 Å². The number of para-hydroxylation sites is 5. The van der Waals surface area contributed by atoms with E-state index in [-0.39, 0.29) is 0 Å². The minimum atomic E-state index is -1.23. The van der Waals surface area contributed by atoms with Crippen LogP contribution in [0.1, 0.15) is 48.0 Å². The third-order valence-electron chi connectivity index (χ3n) is 9.28. The number of benzene rings is 9. The Kier molecular flexibility index (Phi) is 2.78. The van der Waals surface area contributed by atoms with Gasteiger partial charge in [0.2, 0.25) is 0 Å². The third-order valence-corrected chi connectivity index (χ3v) is 9.28. The summed E-state index contributed by atoms with van der Waals surface area (Å²) in [5, 5.41) is -4.08. The van der Waals surface area contributed by atoms with Gasteiger partial charge < -0.3 is 13.7 Å². The first kappa shape index (κ1) is 12.7. The first-order valence-electron chi connectivity index (χ1n) is 34.3. The SMILES string of the molecule is [2H]c1c([2H])c([2H])c(-c2c([2H])c([2H])c([2H])c(-c3c([2H])c([2H])c([2H])c(-n4c5c([2H])c([2H])c([2H])c([2H])c5c5c([2H])c([2H])c(-n6c7c([2H])c([2H])c([2H])c([2H])c7c7c([2H])c([2H])c([2H])c(-n8c9c([2H])c([2H])c([2H])c([2H])c9c9c([2H])c([2H])c([2H])c([2H])c98)c76)c([2H])c54)c3[2H])c2[2H])c([2H])c1[2H]. The fourth-order valence-corrected chi connectivity index (χ4v) is 6.96. The summed E-state index contributed by atoms with van der Waals surface area (Å²) in [6.07, 6.45) is 0. The van der Waals surface area contributed by atoms with Crippen LogP contribution in [0.3, 0.4) is 0 Å². The number of rotatable bonds is 5. The summed E-state index contributed by atoms with van der Waals surface area (Å²) in [4.78, 5) is 0. The van der Waals surface area contributed by atoms with Crippen molar-refractivity contribution in [3.05, 3.63) is 211 Å². The van der Waals surface area contributed by atoms with Crippen LogP contribution in [-0.2, 0) is 0 Å². The van der Waals surface area contributed by atoms with Crippen molar-refractivity contribution in [2.45, 2.75) is 0 Å². The van der Waals surface area contributed by atoms with Gasteiger partial charge in [-0.25, -0.2) is 0 Å². The summed E-state index contributed by atoms with van der Waals surface area (Å²) in [7, 11) is 0. The summed E-state index contributed by atoms with van der Waals surface area (Å²) >= 11 is 0. The van der Waals surface area contributed by atoms with E-state index in [1.165, 1.54) is 0 Å². The van der Waals surface area contributed by atoms with Gasteiger partial charge in [-0.3, -0.25) is 0 Å². The monoisotopic (exact) mass is 761 g/mol. The Balaban J connectivity index is 1.36. The molecular formula is C54H35N3. The highest BCUT2D eigenvalue weighted by Gasteiger charge is 2.21. The molecule has 0 spiro atoms. The van der Waals surface area contributed by atoms with Crippen molar-refractivity contribution in [1.29, 1.82) is 0 Å². The molecule has 0 N–H and O–H groups in total. The highest BCUT2D eigenvalue weighted by molar-refractivity contribution is 6.16. The maximum atomic E-state index is 10.5. The van der Waals surface area contributed by atoms with Gasteiger partial charge >= 0.3 is 0 Å². The molecule has 0 fully saturated rings. The minimum absolute atomic E-state index is 0.583. The number of hydrogen-bond donors (Lipinski definition) is 0. The predicted molar refractivity (Wildman–Crippen MR) is 240 cm³/mol. The summed E-state index contributed by atoms with van der Waals surface area (Å²) in [6, 6.07) is -36.3. The largest absolute Gasteiger partial charge is 0.309 e. The fourth-order valence-electron chi connectivity index (χ4n) is 6.96. The molecule has 57 heavy (non-hydrogen) atoms. The van der Waals surface area contributed by atoms with E-state index in [1.54, 1.807) is 0 Å². The summed E-state index contributed by atoms with van der Waals surface area (Å²) in [6.45, 7) is 0. The first-order chi connectivity index (χ1) is 42.9. The number of hydrogen-bond acceptors (Lipinski definition) is 0. The summed E-state index contributed by atoms with van der Waals surface area (Å²) in [5.74, 6) is 0. The molecule has 3 aromatic heterocycles. The molecule has 3 nitrogen and oxygen atoms in total. The lowest BCUT2D eigenvalue weighted by atomic mass is 9.99. The second-order valence-electron chi connectivity index (χ2n) is 12.3. The van der Waals surface area contributed by atoms with Crippen molar-refractivity contribution in [1.82, 2.24) is 13.7 Å². The Hall–Kier alpha value is -7.62. The van der Waals surface area contributed by atoms with E-state index in [4.69, 9.17) is 24.7 Å². The van der Waals surface area contributed by atoms with Crippen LogP contribution >= 0.6 is 0 Å². The van der Waals surface area contributed by atoms with Crippen molar-refractivity contribution in [2.75, 3.05) is 0 Å². The van der Waals surface area contributed by atoms with Crippen molar-refractivity contribution in [3.63, 3.8) is 0 Å². The highest BCUT2D eigenvalue weighted by Crippen LogP contribution is 2.41. The van der Waals surface area contributed by atoms with Gasteiger partial charge in [-0.05, 0) is 82.7 Å². The standard InChI is InChI=1S/C54H35N3/c1-2-15-36(16-3-1)37-17-12-18-38(33-37)39-19-13-20-40(34-39)55-48-26-8-4-23-44(48)46-32-31-41(35-53(46)55)56-49-27-9-7-24-45(49)47-25-14-30-52(54(47)56)57-50-28-10-5-21-42(50)43-22-6-11-29-51(43)57/h1-35H/i1D,2D,3D,4D,5D,6D,7D,8D,9D,10D,11D,12D,13D,14D,15D,16D,17D,18D,19D,20D,21D,22D,23D,24D,25D,26D,27D,28D,29D,30D,31D,32D,33D,34D,35D. The average Bonchev–Trinajstić information content (AvgIpc) is 1.50. The first-order valence-corrected chi connectivity index (χ1v) is 16.8. The molecule has 0 radical (unpaired) electrons. The topological polar surface area (TPSA) is 14.8 Å². The Bertz CT molecular complexity index is 5480. The Morgan fingerprint density at radius 2 is 0.702 bits per heavy atom. The van der Waals surface area contributed by atoms with E-state index in [2.05, 4.69) is 0 Å². The lowest BCUT2D eigenvalue weighted by Crippen LogP contribution is -2.01. The summed E-state index contributed by atoms with van der Waals surface area (Å²) < 4.78 is 323. The van der Waals surface area contributed by atoms with E-state index in [9.17, 15) is 23.3 Å². The predicted octanol–water partition coefficient (Wildman–Crippen LogP) is 14.3. The van der Waals surface area contributed by atoms with E-state index in [0.29, 0.717) is 9.13 Å². The molecule has 0 bridgehead atoms. The average molecular weight is 761 g/mol.